The Morgan fingerprint density at radius 2 is 1.80 bits per heavy atom. The van der Waals surface area contributed by atoms with Gasteiger partial charge in [0.05, 0.1) is 18.0 Å². The maximum absolute atomic E-state index is 12.8. The van der Waals surface area contributed by atoms with E-state index < -0.39 is 21.8 Å². The average molecular weight is 473 g/mol. The van der Waals surface area contributed by atoms with Crippen LogP contribution in [0.3, 0.4) is 0 Å². The number of benzene rings is 1. The smallest absolute Gasteiger partial charge is 0.267 e. The number of nitrogens with one attached hydrogen (secondary N) is 1. The summed E-state index contributed by atoms with van der Waals surface area (Å²) in [6, 6.07) is 5.99. The van der Waals surface area contributed by atoms with Gasteiger partial charge in [0.25, 0.3) is 11.8 Å². The molecule has 0 aromatic heterocycles. The number of ether oxygens (including phenoxy) is 1. The summed E-state index contributed by atoms with van der Waals surface area (Å²) in [5, 5.41) is 3.00. The normalized spacial score (nSPS) is 20.1. The summed E-state index contributed by atoms with van der Waals surface area (Å²) >= 11 is 10.9. The van der Waals surface area contributed by atoms with Crippen molar-refractivity contribution in [3.8, 4) is 0 Å². The summed E-state index contributed by atoms with van der Waals surface area (Å²) in [7, 11) is -2.14. The highest BCUT2D eigenvalue weighted by atomic mass is 35.5. The summed E-state index contributed by atoms with van der Waals surface area (Å²) in [4.78, 5) is 28.1. The Hall–Kier alpha value is -2.05. The van der Waals surface area contributed by atoms with Gasteiger partial charge in [0.2, 0.25) is 10.0 Å². The van der Waals surface area contributed by atoms with Crippen LogP contribution >= 0.6 is 23.8 Å². The molecular weight excluding hydrogens is 452 g/mol. The van der Waals surface area contributed by atoms with Gasteiger partial charge in [0.15, 0.2) is 5.11 Å². The molecule has 0 spiro atoms. The van der Waals surface area contributed by atoms with Crippen molar-refractivity contribution in [1.29, 1.82) is 0 Å². The maximum Gasteiger partial charge on any atom is 0.267 e. The van der Waals surface area contributed by atoms with Crippen LogP contribution in [0.1, 0.15) is 0 Å². The molecule has 162 valence electrons. The van der Waals surface area contributed by atoms with E-state index in [2.05, 4.69) is 5.32 Å². The molecule has 2 heterocycles. The van der Waals surface area contributed by atoms with Gasteiger partial charge in [0, 0.05) is 44.5 Å². The molecule has 1 aromatic carbocycles. The Bertz CT molecular complexity index is 973. The van der Waals surface area contributed by atoms with Crippen LogP contribution in [0.15, 0.2) is 40.9 Å². The van der Waals surface area contributed by atoms with Crippen molar-refractivity contribution in [2.75, 3.05) is 46.4 Å². The molecule has 0 atom stereocenters. The monoisotopic (exact) mass is 472 g/mol. The molecule has 1 N–H and O–H groups in total. The van der Waals surface area contributed by atoms with E-state index in [9.17, 15) is 18.0 Å². The summed E-state index contributed by atoms with van der Waals surface area (Å²) in [5.74, 6) is -1.08. The van der Waals surface area contributed by atoms with Gasteiger partial charge in [-0.1, -0.05) is 11.6 Å². The van der Waals surface area contributed by atoms with Crippen LogP contribution in [0.25, 0.3) is 0 Å². The molecular formula is C18H21ClN4O5S2. The van der Waals surface area contributed by atoms with E-state index in [0.29, 0.717) is 18.1 Å². The molecule has 0 unspecified atom stereocenters. The zero-order chi connectivity index (χ0) is 21.9. The number of hydrogen-bond donors (Lipinski definition) is 1. The molecule has 9 nitrogen and oxygen atoms in total. The van der Waals surface area contributed by atoms with Crippen molar-refractivity contribution in [2.45, 2.75) is 4.90 Å². The quantitative estimate of drug-likeness (QED) is 0.364. The molecule has 0 bridgehead atoms. The van der Waals surface area contributed by atoms with Crippen LogP contribution in [-0.2, 0) is 24.3 Å². The van der Waals surface area contributed by atoms with Crippen LogP contribution in [0, 0.1) is 0 Å². The molecule has 2 aliphatic heterocycles. The van der Waals surface area contributed by atoms with Crippen LogP contribution in [-0.4, -0.2) is 85.9 Å². The molecule has 2 fully saturated rings. The Labute approximate surface area is 185 Å². The number of thiocarbonyl (C=S) groups is 1. The lowest BCUT2D eigenvalue weighted by Crippen LogP contribution is -2.55. The summed E-state index contributed by atoms with van der Waals surface area (Å²) < 4.78 is 31.9. The van der Waals surface area contributed by atoms with Gasteiger partial charge in [0.1, 0.15) is 5.57 Å². The molecule has 2 aliphatic rings. The Morgan fingerprint density at radius 1 is 1.17 bits per heavy atom. The summed E-state index contributed by atoms with van der Waals surface area (Å²) in [5.41, 5.74) is -0.0475. The van der Waals surface area contributed by atoms with E-state index in [1.54, 1.807) is 4.90 Å². The van der Waals surface area contributed by atoms with Crippen LogP contribution in [0.4, 0.5) is 0 Å². The zero-order valence-corrected chi connectivity index (χ0v) is 18.6. The lowest BCUT2D eigenvalue weighted by atomic mass is 10.2. The number of hydrogen-bond acceptors (Lipinski definition) is 7. The van der Waals surface area contributed by atoms with Crippen molar-refractivity contribution in [3.63, 3.8) is 0 Å². The van der Waals surface area contributed by atoms with Gasteiger partial charge in [-0.2, -0.15) is 4.31 Å². The van der Waals surface area contributed by atoms with Gasteiger partial charge >= 0.3 is 0 Å². The maximum atomic E-state index is 12.8. The lowest BCUT2D eigenvalue weighted by Gasteiger charge is -2.35. The van der Waals surface area contributed by atoms with Crippen LogP contribution in [0.5, 0.6) is 0 Å². The van der Waals surface area contributed by atoms with Gasteiger partial charge in [-0.3, -0.25) is 19.8 Å². The highest BCUT2D eigenvalue weighted by Gasteiger charge is 2.34. The Kier molecular flexibility index (Phi) is 7.09. The third-order valence-corrected chi connectivity index (χ3v) is 7.23. The standard InChI is InChI=1S/C18H21ClN4O5S2/c1-28-11-10-23-17(25)15(16(24)20-18(23)29)12-21-6-8-22(9-7-21)30(26,27)14-4-2-13(19)3-5-14/h2-5,12H,6-11H2,1H3,(H,20,24,29)/b15-12+. The molecule has 2 saturated heterocycles. The first kappa shape index (κ1) is 22.6. The third kappa shape index (κ3) is 4.81. The fraction of sp³-hybridized carbons (Fsp3) is 0.389. The minimum absolute atomic E-state index is 0.0399. The number of rotatable bonds is 6. The molecule has 12 heteroatoms. The number of piperazine rings is 1. The zero-order valence-electron chi connectivity index (χ0n) is 16.2. The first-order chi connectivity index (χ1) is 14.2. The topological polar surface area (TPSA) is 99.3 Å². The van der Waals surface area contributed by atoms with Gasteiger partial charge in [-0.05, 0) is 36.5 Å². The molecule has 0 aliphatic carbocycles. The number of carbonyl (C=O) groups excluding carboxylic acids is 2. The van der Waals surface area contributed by atoms with Crippen molar-refractivity contribution in [3.05, 3.63) is 41.1 Å². The van der Waals surface area contributed by atoms with Gasteiger partial charge < -0.3 is 9.64 Å². The van der Waals surface area contributed by atoms with E-state index in [4.69, 9.17) is 28.6 Å². The second-order valence-corrected chi connectivity index (χ2v) is 9.41. The van der Waals surface area contributed by atoms with Crippen molar-refractivity contribution in [2.24, 2.45) is 0 Å². The third-order valence-electron chi connectivity index (χ3n) is 4.74. The van der Waals surface area contributed by atoms with E-state index in [0.717, 1.165) is 0 Å². The minimum atomic E-state index is -3.64. The van der Waals surface area contributed by atoms with Gasteiger partial charge in [-0.15, -0.1) is 0 Å². The first-order valence-electron chi connectivity index (χ1n) is 9.11. The predicted molar refractivity (Wildman–Crippen MR) is 114 cm³/mol. The Morgan fingerprint density at radius 3 is 2.40 bits per heavy atom. The fourth-order valence-corrected chi connectivity index (χ4v) is 4.89. The molecule has 2 amide bonds. The highest BCUT2D eigenvalue weighted by Crippen LogP contribution is 2.20. The second kappa shape index (κ2) is 9.40. The fourth-order valence-electron chi connectivity index (χ4n) is 3.08. The number of nitrogens with zero attached hydrogens (tertiary/aromatic N) is 3. The predicted octanol–water partition coefficient (Wildman–Crippen LogP) is 0.420. The lowest BCUT2D eigenvalue weighted by molar-refractivity contribution is -0.129. The van der Waals surface area contributed by atoms with Crippen LogP contribution < -0.4 is 5.32 Å². The molecule has 30 heavy (non-hydrogen) atoms. The molecule has 0 radical (unpaired) electrons. The summed E-state index contributed by atoms with van der Waals surface area (Å²) in [6.45, 7) is 1.60. The number of carbonyl (C=O) groups is 2. The van der Waals surface area contributed by atoms with Crippen molar-refractivity contribution in [1.82, 2.24) is 19.4 Å². The number of halogens is 1. The average Bonchev–Trinajstić information content (AvgIpc) is 2.71. The molecule has 3 rings (SSSR count). The van der Waals surface area contributed by atoms with E-state index in [-0.39, 0.29) is 41.8 Å². The SMILES string of the molecule is COCCN1C(=O)/C(=C/N2CCN(S(=O)(=O)c3ccc(Cl)cc3)CC2)C(=O)NC1=S. The van der Waals surface area contributed by atoms with E-state index in [1.807, 2.05) is 0 Å². The summed E-state index contributed by atoms with van der Waals surface area (Å²) in [6.07, 6.45) is 1.46. The Balaban J connectivity index is 1.69. The first-order valence-corrected chi connectivity index (χ1v) is 11.3. The van der Waals surface area contributed by atoms with E-state index >= 15 is 0 Å². The second-order valence-electron chi connectivity index (χ2n) is 6.65. The largest absolute Gasteiger partial charge is 0.383 e. The van der Waals surface area contributed by atoms with Gasteiger partial charge in [-0.25, -0.2) is 8.42 Å². The minimum Gasteiger partial charge on any atom is -0.383 e. The van der Waals surface area contributed by atoms with Crippen LogP contribution in [0.2, 0.25) is 5.02 Å². The molecule has 0 saturated carbocycles. The number of methoxy groups -OCH3 is 1. The number of amides is 2. The highest BCUT2D eigenvalue weighted by molar-refractivity contribution is 7.89. The van der Waals surface area contributed by atoms with Crippen molar-refractivity contribution < 1.29 is 22.7 Å². The van der Waals surface area contributed by atoms with Crippen molar-refractivity contribution >= 4 is 50.8 Å². The van der Waals surface area contributed by atoms with E-state index in [1.165, 1.54) is 46.8 Å². The number of sulfonamides is 1. The molecule has 1 aromatic rings.